The summed E-state index contributed by atoms with van der Waals surface area (Å²) in [7, 11) is 4.04. The summed E-state index contributed by atoms with van der Waals surface area (Å²) in [5.41, 5.74) is 2.80. The summed E-state index contributed by atoms with van der Waals surface area (Å²) >= 11 is 0. The Morgan fingerprint density at radius 2 is 1.91 bits per heavy atom. The number of benzene rings is 2. The maximum absolute atomic E-state index is 13.0. The number of nitrogens with zero attached hydrogens (tertiary/aromatic N) is 1. The summed E-state index contributed by atoms with van der Waals surface area (Å²) in [6.45, 7) is 4.25. The van der Waals surface area contributed by atoms with Gasteiger partial charge < -0.3 is 19.1 Å². The van der Waals surface area contributed by atoms with Gasteiger partial charge in [0.25, 0.3) is 0 Å². The monoisotopic (exact) mass is 463 g/mol. The zero-order chi connectivity index (χ0) is 23.8. The van der Waals surface area contributed by atoms with Gasteiger partial charge in [0.2, 0.25) is 0 Å². The second-order valence-electron chi connectivity index (χ2n) is 10.2. The van der Waals surface area contributed by atoms with Crippen molar-refractivity contribution in [1.82, 2.24) is 4.90 Å². The molecule has 0 radical (unpaired) electrons. The van der Waals surface area contributed by atoms with Crippen LogP contribution in [0.4, 0.5) is 0 Å². The number of hydrogen-bond donors (Lipinski definition) is 0. The van der Waals surface area contributed by atoms with Gasteiger partial charge in [-0.1, -0.05) is 49.7 Å². The van der Waals surface area contributed by atoms with Crippen LogP contribution >= 0.6 is 0 Å². The van der Waals surface area contributed by atoms with Crippen molar-refractivity contribution >= 4 is 5.78 Å². The summed E-state index contributed by atoms with van der Waals surface area (Å²) in [5, 5.41) is 0. The number of ketones is 1. The molecule has 0 amide bonds. The quantitative estimate of drug-likeness (QED) is 0.511. The van der Waals surface area contributed by atoms with Crippen LogP contribution in [0.5, 0.6) is 11.5 Å². The van der Waals surface area contributed by atoms with Crippen LogP contribution < -0.4 is 9.47 Å². The van der Waals surface area contributed by atoms with E-state index < -0.39 is 0 Å². The van der Waals surface area contributed by atoms with Crippen LogP contribution in [-0.4, -0.2) is 49.6 Å². The molecule has 0 spiro atoms. The summed E-state index contributed by atoms with van der Waals surface area (Å²) in [6.07, 6.45) is 5.70. The third-order valence-electron chi connectivity index (χ3n) is 8.49. The Labute approximate surface area is 203 Å². The number of rotatable bonds is 8. The summed E-state index contributed by atoms with van der Waals surface area (Å²) < 4.78 is 19.4. The van der Waals surface area contributed by atoms with Crippen molar-refractivity contribution in [3.63, 3.8) is 0 Å². The Morgan fingerprint density at radius 3 is 2.68 bits per heavy atom. The van der Waals surface area contributed by atoms with Gasteiger partial charge in [-0.3, -0.25) is 4.79 Å². The number of unbranched alkanes of at least 4 members (excludes halogenated alkanes) is 1. The first-order valence-electron chi connectivity index (χ1n) is 12.8. The van der Waals surface area contributed by atoms with Crippen molar-refractivity contribution in [3.8, 4) is 11.5 Å². The highest BCUT2D eigenvalue weighted by molar-refractivity contribution is 5.83. The number of methoxy groups -OCH3 is 1. The SMILES string of the molecule is CCCCOc1c(OCc2ccccc2)ccc2c1[C@]13CCN(C)[C@@H](C2)[C@]1(OC)CCC(=O)C3. The van der Waals surface area contributed by atoms with Crippen molar-refractivity contribution in [3.05, 3.63) is 59.2 Å². The molecule has 5 nitrogen and oxygen atoms in total. The fourth-order valence-corrected chi connectivity index (χ4v) is 6.80. The molecule has 2 aromatic carbocycles. The number of Topliss-reactive ketones (excluding diaryl/α,β-unsaturated/α-hetero) is 1. The van der Waals surface area contributed by atoms with Gasteiger partial charge in [-0.15, -0.1) is 0 Å². The maximum atomic E-state index is 13.0. The molecule has 0 aromatic heterocycles. The lowest BCUT2D eigenvalue weighted by atomic mass is 9.49. The van der Waals surface area contributed by atoms with Gasteiger partial charge in [0.1, 0.15) is 12.4 Å². The maximum Gasteiger partial charge on any atom is 0.165 e. The minimum Gasteiger partial charge on any atom is -0.489 e. The van der Waals surface area contributed by atoms with Crippen LogP contribution in [-0.2, 0) is 28.0 Å². The van der Waals surface area contributed by atoms with Crippen LogP contribution in [0.3, 0.4) is 0 Å². The van der Waals surface area contributed by atoms with Gasteiger partial charge in [0, 0.05) is 37.0 Å². The molecule has 2 bridgehead atoms. The minimum absolute atomic E-state index is 0.256. The standard InChI is InChI=1S/C29H37NO4/c1-4-5-17-33-27-24(34-20-21-9-7-6-8-10-21)12-11-22-18-25-29(32-3)14-13-23(31)19-28(29,26(22)27)15-16-30(25)2/h6-12,25H,4-5,13-20H2,1-3H3/t25-,28+,29+/m0/s1. The number of likely N-dealkylation sites (N-methyl/N-ethyl adjacent to an activating group) is 1. The van der Waals surface area contributed by atoms with E-state index in [0.29, 0.717) is 31.8 Å². The van der Waals surface area contributed by atoms with Crippen molar-refractivity contribution < 1.29 is 19.0 Å². The molecule has 1 saturated heterocycles. The molecular weight excluding hydrogens is 426 g/mol. The van der Waals surface area contributed by atoms with E-state index in [1.165, 1.54) is 11.1 Å². The van der Waals surface area contributed by atoms with Crippen molar-refractivity contribution in [2.45, 2.75) is 75.5 Å². The van der Waals surface area contributed by atoms with Crippen molar-refractivity contribution in [2.75, 3.05) is 27.3 Å². The third kappa shape index (κ3) is 3.64. The second-order valence-corrected chi connectivity index (χ2v) is 10.2. The molecule has 3 atom stereocenters. The zero-order valence-corrected chi connectivity index (χ0v) is 20.8. The first-order chi connectivity index (χ1) is 16.5. The highest BCUT2D eigenvalue weighted by Gasteiger charge is 2.66. The lowest BCUT2D eigenvalue weighted by Gasteiger charge is -2.64. The van der Waals surface area contributed by atoms with Crippen LogP contribution in [0.25, 0.3) is 0 Å². The number of carbonyl (C=O) groups excluding carboxylic acids is 1. The Hall–Kier alpha value is -2.37. The van der Waals surface area contributed by atoms with E-state index in [0.717, 1.165) is 55.7 Å². The average molecular weight is 464 g/mol. The first kappa shape index (κ1) is 23.4. The van der Waals surface area contributed by atoms with Crippen LogP contribution in [0, 0.1) is 0 Å². The highest BCUT2D eigenvalue weighted by Crippen LogP contribution is 2.61. The van der Waals surface area contributed by atoms with E-state index in [-0.39, 0.29) is 17.1 Å². The fraction of sp³-hybridized carbons (Fsp3) is 0.552. The number of fused-ring (bicyclic) bond motifs is 1. The summed E-state index contributed by atoms with van der Waals surface area (Å²) in [4.78, 5) is 15.4. The topological polar surface area (TPSA) is 48.0 Å². The number of carbonyl (C=O) groups is 1. The molecule has 182 valence electrons. The van der Waals surface area contributed by atoms with Gasteiger partial charge in [0.15, 0.2) is 11.5 Å². The molecule has 1 saturated carbocycles. The van der Waals surface area contributed by atoms with Crippen LogP contribution in [0.2, 0.25) is 0 Å². The molecule has 0 unspecified atom stereocenters. The van der Waals surface area contributed by atoms with Crippen molar-refractivity contribution in [2.24, 2.45) is 0 Å². The molecule has 34 heavy (non-hydrogen) atoms. The first-order valence-corrected chi connectivity index (χ1v) is 12.8. The normalized spacial score (nSPS) is 28.2. The predicted molar refractivity (Wildman–Crippen MR) is 133 cm³/mol. The molecule has 3 aliphatic rings. The largest absolute Gasteiger partial charge is 0.489 e. The molecule has 5 rings (SSSR count). The highest BCUT2D eigenvalue weighted by atomic mass is 16.5. The third-order valence-corrected chi connectivity index (χ3v) is 8.49. The van der Waals surface area contributed by atoms with Crippen LogP contribution in [0.15, 0.2) is 42.5 Å². The lowest BCUT2D eigenvalue weighted by Crippen LogP contribution is -2.73. The smallest absolute Gasteiger partial charge is 0.165 e. The van der Waals surface area contributed by atoms with E-state index in [9.17, 15) is 4.79 Å². The van der Waals surface area contributed by atoms with Gasteiger partial charge in [0.05, 0.1) is 12.2 Å². The molecule has 2 aliphatic carbocycles. The molecular formula is C29H37NO4. The Kier molecular flexibility index (Phi) is 6.43. The van der Waals surface area contributed by atoms with Gasteiger partial charge in [-0.25, -0.2) is 0 Å². The van der Waals surface area contributed by atoms with Crippen LogP contribution in [0.1, 0.15) is 62.1 Å². The molecule has 1 heterocycles. The average Bonchev–Trinajstić information content (AvgIpc) is 2.86. The summed E-state index contributed by atoms with van der Waals surface area (Å²) in [6, 6.07) is 14.8. The molecule has 2 fully saturated rings. The van der Waals surface area contributed by atoms with E-state index in [2.05, 4.69) is 43.1 Å². The number of likely N-dealkylation sites (tertiary alicyclic amines) is 1. The van der Waals surface area contributed by atoms with E-state index in [1.54, 1.807) is 0 Å². The molecule has 5 heteroatoms. The number of piperidine rings is 1. The predicted octanol–water partition coefficient (Wildman–Crippen LogP) is 5.08. The van der Waals surface area contributed by atoms with Gasteiger partial charge in [-0.2, -0.15) is 0 Å². The van der Waals surface area contributed by atoms with Crippen molar-refractivity contribution in [1.29, 1.82) is 0 Å². The number of hydrogen-bond acceptors (Lipinski definition) is 5. The fourth-order valence-electron chi connectivity index (χ4n) is 6.80. The molecule has 1 aliphatic heterocycles. The Bertz CT molecular complexity index is 1040. The van der Waals surface area contributed by atoms with Gasteiger partial charge >= 0.3 is 0 Å². The van der Waals surface area contributed by atoms with E-state index >= 15 is 0 Å². The number of ether oxygens (including phenoxy) is 3. The zero-order valence-electron chi connectivity index (χ0n) is 20.8. The van der Waals surface area contributed by atoms with E-state index in [1.807, 2.05) is 25.3 Å². The second kappa shape index (κ2) is 9.35. The lowest BCUT2D eigenvalue weighted by molar-refractivity contribution is -0.183. The van der Waals surface area contributed by atoms with E-state index in [4.69, 9.17) is 14.2 Å². The minimum atomic E-state index is -0.387. The molecule has 0 N–H and O–H groups in total. The Morgan fingerprint density at radius 1 is 1.09 bits per heavy atom. The Balaban J connectivity index is 1.64. The summed E-state index contributed by atoms with van der Waals surface area (Å²) in [5.74, 6) is 1.94. The molecule has 2 aromatic rings. The van der Waals surface area contributed by atoms with Gasteiger partial charge in [-0.05, 0) is 56.5 Å².